The lowest BCUT2D eigenvalue weighted by Crippen LogP contribution is -2.39. The number of alkyl halides is 3. The van der Waals surface area contributed by atoms with Crippen LogP contribution in [0.1, 0.15) is 33.7 Å². The fourth-order valence-electron chi connectivity index (χ4n) is 3.21. The Morgan fingerprint density at radius 3 is 2.62 bits per heavy atom. The summed E-state index contributed by atoms with van der Waals surface area (Å²) >= 11 is 0.813. The van der Waals surface area contributed by atoms with E-state index < -0.39 is 34.8 Å². The van der Waals surface area contributed by atoms with Gasteiger partial charge in [-0.05, 0) is 19.1 Å². The molecule has 0 radical (unpaired) electrons. The molecule has 0 aliphatic carbocycles. The molecule has 7 nitrogen and oxygen atoms in total. The minimum Gasteiger partial charge on any atom is -0.355 e. The highest BCUT2D eigenvalue weighted by Crippen LogP contribution is 2.37. The predicted molar refractivity (Wildman–Crippen MR) is 111 cm³/mol. The second kappa shape index (κ2) is 8.63. The number of hydrogen-bond acceptors (Lipinski definition) is 6. The highest BCUT2D eigenvalue weighted by atomic mass is 32.1. The van der Waals surface area contributed by atoms with Gasteiger partial charge in [0.25, 0.3) is 5.91 Å². The van der Waals surface area contributed by atoms with E-state index >= 15 is 0 Å². The van der Waals surface area contributed by atoms with E-state index in [1.807, 2.05) is 0 Å². The molecule has 34 heavy (non-hydrogen) atoms. The summed E-state index contributed by atoms with van der Waals surface area (Å²) in [6, 6.07) is 4.02. The number of aryl methyl sites for hydroxylation is 1. The molecule has 0 aliphatic heterocycles. The summed E-state index contributed by atoms with van der Waals surface area (Å²) < 4.78 is 73.0. The molecule has 1 unspecified atom stereocenters. The van der Waals surface area contributed by atoms with Crippen molar-refractivity contribution in [2.45, 2.75) is 18.5 Å². The zero-order valence-electron chi connectivity index (χ0n) is 17.7. The van der Waals surface area contributed by atoms with Crippen LogP contribution in [0.15, 0.2) is 46.6 Å². The molecule has 0 aliphatic rings. The topological polar surface area (TPSA) is 85.8 Å². The Balaban J connectivity index is 1.58. The van der Waals surface area contributed by atoms with Crippen molar-refractivity contribution in [3.05, 3.63) is 75.6 Å². The first-order chi connectivity index (χ1) is 16.0. The number of carbonyl (C=O) groups is 1. The van der Waals surface area contributed by atoms with Crippen molar-refractivity contribution in [3.8, 4) is 11.3 Å². The van der Waals surface area contributed by atoms with Crippen LogP contribution in [0.5, 0.6) is 0 Å². The molecule has 1 N–H and O–H groups in total. The average molecular weight is 497 g/mol. The second-order valence-corrected chi connectivity index (χ2v) is 8.51. The second-order valence-electron chi connectivity index (χ2n) is 7.65. The van der Waals surface area contributed by atoms with E-state index in [0.717, 1.165) is 28.8 Å². The van der Waals surface area contributed by atoms with E-state index in [1.165, 1.54) is 16.9 Å². The van der Waals surface area contributed by atoms with Crippen molar-refractivity contribution in [1.29, 1.82) is 0 Å². The molecule has 0 saturated carbocycles. The Morgan fingerprint density at radius 1 is 1.24 bits per heavy atom. The van der Waals surface area contributed by atoms with Crippen LogP contribution in [0.3, 0.4) is 0 Å². The maximum absolute atomic E-state index is 14.0. The number of halogens is 5. The number of aromatic nitrogens is 4. The van der Waals surface area contributed by atoms with Gasteiger partial charge in [0.1, 0.15) is 16.6 Å². The van der Waals surface area contributed by atoms with Crippen LogP contribution in [-0.2, 0) is 18.6 Å². The van der Waals surface area contributed by atoms with Gasteiger partial charge in [0.15, 0.2) is 17.1 Å². The van der Waals surface area contributed by atoms with E-state index in [-0.39, 0.29) is 28.6 Å². The van der Waals surface area contributed by atoms with Gasteiger partial charge in [0, 0.05) is 42.9 Å². The number of carbonyl (C=O) groups excluding carboxylic acids is 1. The standard InChI is InChI=1S/C21H16F5N5O2S/c1-20(11-7-28-31(2)8-11,19-29-17(9-34-19)21(24,25)26)10-27-18(32)15-6-16(33-30-15)13-4-3-12(22)5-14(13)23/h3-9H,10H2,1-2H3,(H,27,32). The third-order valence-corrected chi connectivity index (χ3v) is 6.26. The molecule has 3 aromatic heterocycles. The summed E-state index contributed by atoms with van der Waals surface area (Å²) in [7, 11) is 1.65. The van der Waals surface area contributed by atoms with E-state index in [4.69, 9.17) is 4.52 Å². The van der Waals surface area contributed by atoms with Gasteiger partial charge in [-0.25, -0.2) is 13.8 Å². The summed E-state index contributed by atoms with van der Waals surface area (Å²) in [6.07, 6.45) is -1.51. The Labute approximate surface area is 193 Å². The third kappa shape index (κ3) is 4.55. The van der Waals surface area contributed by atoms with Gasteiger partial charge in [-0.3, -0.25) is 9.48 Å². The summed E-state index contributed by atoms with van der Waals surface area (Å²) in [4.78, 5) is 16.5. The molecule has 4 rings (SSSR count). The fourth-order valence-corrected chi connectivity index (χ4v) is 4.22. The zero-order chi connectivity index (χ0) is 24.7. The number of nitrogens with one attached hydrogen (secondary N) is 1. The quantitative estimate of drug-likeness (QED) is 0.395. The van der Waals surface area contributed by atoms with Crippen LogP contribution in [-0.4, -0.2) is 32.4 Å². The van der Waals surface area contributed by atoms with Crippen molar-refractivity contribution in [2.24, 2.45) is 7.05 Å². The highest BCUT2D eigenvalue weighted by Gasteiger charge is 2.39. The number of rotatable bonds is 6. The molecule has 0 saturated heterocycles. The first-order valence-corrected chi connectivity index (χ1v) is 10.6. The molecule has 13 heteroatoms. The summed E-state index contributed by atoms with van der Waals surface area (Å²) in [6.45, 7) is 1.49. The molecule has 0 fully saturated rings. The summed E-state index contributed by atoms with van der Waals surface area (Å²) in [5, 5.41) is 11.3. The lowest BCUT2D eigenvalue weighted by atomic mass is 9.85. The molecule has 1 amide bonds. The third-order valence-electron chi connectivity index (χ3n) is 5.15. The summed E-state index contributed by atoms with van der Waals surface area (Å²) in [5.41, 5.74) is -1.92. The number of hydrogen-bond donors (Lipinski definition) is 1. The van der Waals surface area contributed by atoms with Crippen LogP contribution >= 0.6 is 11.3 Å². The largest absolute Gasteiger partial charge is 0.434 e. The Morgan fingerprint density at radius 2 is 2.00 bits per heavy atom. The van der Waals surface area contributed by atoms with Crippen LogP contribution in [0, 0.1) is 11.6 Å². The smallest absolute Gasteiger partial charge is 0.355 e. The molecular formula is C21H16F5N5O2S. The van der Waals surface area contributed by atoms with Crippen molar-refractivity contribution in [1.82, 2.24) is 25.2 Å². The number of amides is 1. The number of thiazole rings is 1. The van der Waals surface area contributed by atoms with Crippen LogP contribution < -0.4 is 5.32 Å². The van der Waals surface area contributed by atoms with Crippen LogP contribution in [0.25, 0.3) is 11.3 Å². The van der Waals surface area contributed by atoms with E-state index in [1.54, 1.807) is 20.2 Å². The first kappa shape index (κ1) is 23.5. The predicted octanol–water partition coefficient (Wildman–Crippen LogP) is 4.56. The van der Waals surface area contributed by atoms with Gasteiger partial charge in [-0.2, -0.15) is 18.3 Å². The zero-order valence-corrected chi connectivity index (χ0v) is 18.5. The SMILES string of the molecule is Cn1cc(C(C)(CNC(=O)c2cc(-c3ccc(F)cc3F)on2)c2nc(C(F)(F)F)cs2)cn1. The van der Waals surface area contributed by atoms with Crippen molar-refractivity contribution in [3.63, 3.8) is 0 Å². The van der Waals surface area contributed by atoms with Gasteiger partial charge in [0.05, 0.1) is 17.2 Å². The average Bonchev–Trinajstić information content (AvgIpc) is 3.52. The maximum Gasteiger partial charge on any atom is 0.434 e. The fraction of sp³-hybridized carbons (Fsp3) is 0.238. The minimum absolute atomic E-state index is 0.0874. The molecule has 0 bridgehead atoms. The van der Waals surface area contributed by atoms with Crippen molar-refractivity contribution < 1.29 is 31.3 Å². The van der Waals surface area contributed by atoms with Crippen LogP contribution in [0.4, 0.5) is 22.0 Å². The summed E-state index contributed by atoms with van der Waals surface area (Å²) in [5.74, 6) is -2.46. The lowest BCUT2D eigenvalue weighted by molar-refractivity contribution is -0.140. The van der Waals surface area contributed by atoms with Gasteiger partial charge in [-0.15, -0.1) is 11.3 Å². The van der Waals surface area contributed by atoms with E-state index in [2.05, 4.69) is 20.6 Å². The lowest BCUT2D eigenvalue weighted by Gasteiger charge is -2.26. The van der Waals surface area contributed by atoms with Gasteiger partial charge in [-0.1, -0.05) is 5.16 Å². The maximum atomic E-state index is 14.0. The van der Waals surface area contributed by atoms with E-state index in [0.29, 0.717) is 11.6 Å². The van der Waals surface area contributed by atoms with E-state index in [9.17, 15) is 26.7 Å². The number of nitrogens with zero attached hydrogens (tertiary/aromatic N) is 4. The van der Waals surface area contributed by atoms with Crippen molar-refractivity contribution >= 4 is 17.2 Å². The highest BCUT2D eigenvalue weighted by molar-refractivity contribution is 7.09. The van der Waals surface area contributed by atoms with Crippen molar-refractivity contribution in [2.75, 3.05) is 6.54 Å². The molecule has 0 spiro atoms. The molecule has 4 aromatic rings. The number of benzene rings is 1. The molecule has 1 aromatic carbocycles. The molecule has 3 heterocycles. The van der Waals surface area contributed by atoms with Gasteiger partial charge < -0.3 is 9.84 Å². The van der Waals surface area contributed by atoms with Gasteiger partial charge in [0.2, 0.25) is 0 Å². The Kier molecular flexibility index (Phi) is 5.98. The minimum atomic E-state index is -4.61. The molecule has 178 valence electrons. The normalized spacial score (nSPS) is 13.6. The first-order valence-electron chi connectivity index (χ1n) is 9.70. The molecule has 1 atom stereocenters. The Hall–Kier alpha value is -3.61. The van der Waals surface area contributed by atoms with Crippen LogP contribution in [0.2, 0.25) is 0 Å². The monoisotopic (exact) mass is 497 g/mol. The van der Waals surface area contributed by atoms with Gasteiger partial charge >= 0.3 is 6.18 Å². The molecular weight excluding hydrogens is 481 g/mol. The Bertz CT molecular complexity index is 1350.